The van der Waals surface area contributed by atoms with Gasteiger partial charge in [-0.2, -0.15) is 0 Å². The van der Waals surface area contributed by atoms with Gasteiger partial charge in [-0.1, -0.05) is 25.8 Å². The Morgan fingerprint density at radius 3 is 2.50 bits per heavy atom. The van der Waals surface area contributed by atoms with Gasteiger partial charge in [-0.05, 0) is 62.5 Å². The summed E-state index contributed by atoms with van der Waals surface area (Å²) in [4.78, 5) is 14.1. The number of rotatable bonds is 8. The highest BCUT2D eigenvalue weighted by Crippen LogP contribution is 2.35. The molecule has 1 amide bonds. The Labute approximate surface area is 157 Å². The van der Waals surface area contributed by atoms with E-state index in [1.807, 2.05) is 38.4 Å². The van der Waals surface area contributed by atoms with Crippen LogP contribution in [0.25, 0.3) is 6.08 Å². The van der Waals surface area contributed by atoms with E-state index in [1.54, 1.807) is 7.11 Å². The number of hydrogen-bond donors (Lipinski definition) is 1. The first-order valence-corrected chi connectivity index (χ1v) is 9.37. The van der Waals surface area contributed by atoms with Crippen LogP contribution in [0.4, 0.5) is 0 Å². The molecular weight excluding hydrogens is 328 g/mol. The Balaban J connectivity index is 2.17. The minimum absolute atomic E-state index is 0.255. The normalized spacial score (nSPS) is 20.9. The third-order valence-electron chi connectivity index (χ3n) is 5.05. The lowest BCUT2D eigenvalue weighted by molar-refractivity contribution is -0.115. The van der Waals surface area contributed by atoms with Gasteiger partial charge in [0, 0.05) is 12.1 Å². The van der Waals surface area contributed by atoms with E-state index in [2.05, 4.69) is 11.8 Å². The van der Waals surface area contributed by atoms with Gasteiger partial charge in [0.15, 0.2) is 11.5 Å². The van der Waals surface area contributed by atoms with Crippen molar-refractivity contribution in [3.63, 3.8) is 0 Å². The summed E-state index contributed by atoms with van der Waals surface area (Å²) in [5.41, 5.74) is 7.31. The number of nitrogens with zero attached hydrogens (tertiary/aromatic N) is 1. The Kier molecular flexibility index (Phi) is 7.51. The molecule has 0 radical (unpaired) electrons. The van der Waals surface area contributed by atoms with Crippen LogP contribution in [0.5, 0.6) is 11.5 Å². The zero-order valence-electron chi connectivity index (χ0n) is 16.5. The molecule has 0 heterocycles. The highest BCUT2D eigenvalue weighted by molar-refractivity contribution is 5.97. The highest BCUT2D eigenvalue weighted by Gasteiger charge is 2.24. The van der Waals surface area contributed by atoms with Crippen molar-refractivity contribution < 1.29 is 14.3 Å². The van der Waals surface area contributed by atoms with Crippen LogP contribution in [-0.2, 0) is 4.79 Å². The third-order valence-corrected chi connectivity index (χ3v) is 5.05. The van der Waals surface area contributed by atoms with E-state index in [-0.39, 0.29) is 11.8 Å². The van der Waals surface area contributed by atoms with Gasteiger partial charge in [0.2, 0.25) is 5.91 Å². The van der Waals surface area contributed by atoms with Gasteiger partial charge in [-0.15, -0.1) is 0 Å². The maximum atomic E-state index is 12.0. The van der Waals surface area contributed by atoms with Crippen molar-refractivity contribution in [3.05, 3.63) is 29.3 Å². The average molecular weight is 360 g/mol. The summed E-state index contributed by atoms with van der Waals surface area (Å²) in [5.74, 6) is 2.04. The lowest BCUT2D eigenvalue weighted by atomic mass is 9.78. The number of carbonyl (C=O) groups is 1. The highest BCUT2D eigenvalue weighted by atomic mass is 16.5. The maximum absolute atomic E-state index is 12.0. The second kappa shape index (κ2) is 9.62. The lowest BCUT2D eigenvalue weighted by Crippen LogP contribution is -2.24. The van der Waals surface area contributed by atoms with Gasteiger partial charge < -0.3 is 20.1 Å². The molecular formula is C21H32N2O3. The van der Waals surface area contributed by atoms with E-state index in [1.165, 1.54) is 0 Å². The van der Waals surface area contributed by atoms with Crippen molar-refractivity contribution in [2.75, 3.05) is 34.4 Å². The van der Waals surface area contributed by atoms with Crippen LogP contribution in [0.2, 0.25) is 0 Å². The number of methoxy groups -OCH3 is 1. The molecule has 5 nitrogen and oxygen atoms in total. The number of primary amides is 1. The van der Waals surface area contributed by atoms with Crippen molar-refractivity contribution in [3.8, 4) is 11.5 Å². The third kappa shape index (κ3) is 5.77. The summed E-state index contributed by atoms with van der Waals surface area (Å²) >= 11 is 0. The van der Waals surface area contributed by atoms with E-state index in [4.69, 9.17) is 15.2 Å². The number of carbonyl (C=O) groups excluding carboxylic acids is 1. The Bertz CT molecular complexity index is 632. The lowest BCUT2D eigenvalue weighted by Gasteiger charge is -2.27. The number of benzene rings is 1. The van der Waals surface area contributed by atoms with Gasteiger partial charge in [-0.3, -0.25) is 4.79 Å². The van der Waals surface area contributed by atoms with Crippen molar-refractivity contribution in [1.82, 2.24) is 4.90 Å². The number of amides is 1. The number of ether oxygens (including phenoxy) is 2. The number of nitrogens with two attached hydrogens (primary N) is 1. The van der Waals surface area contributed by atoms with Gasteiger partial charge in [0.05, 0.1) is 7.11 Å². The largest absolute Gasteiger partial charge is 0.493 e. The Morgan fingerprint density at radius 1 is 1.23 bits per heavy atom. The predicted molar refractivity (Wildman–Crippen MR) is 105 cm³/mol. The van der Waals surface area contributed by atoms with Crippen molar-refractivity contribution >= 4 is 12.0 Å². The van der Waals surface area contributed by atoms with E-state index in [9.17, 15) is 4.79 Å². The zero-order valence-corrected chi connectivity index (χ0v) is 16.5. The second-order valence-corrected chi connectivity index (χ2v) is 7.48. The first-order valence-electron chi connectivity index (χ1n) is 9.37. The van der Waals surface area contributed by atoms with Crippen LogP contribution in [0.3, 0.4) is 0 Å². The van der Waals surface area contributed by atoms with Crippen molar-refractivity contribution in [2.24, 2.45) is 17.6 Å². The number of hydrogen-bond acceptors (Lipinski definition) is 4. The molecule has 144 valence electrons. The molecule has 0 spiro atoms. The van der Waals surface area contributed by atoms with Gasteiger partial charge in [0.1, 0.15) is 6.61 Å². The van der Waals surface area contributed by atoms with Crippen LogP contribution in [0, 0.1) is 11.8 Å². The molecule has 1 aromatic carbocycles. The van der Waals surface area contributed by atoms with E-state index in [0.29, 0.717) is 18.1 Å². The van der Waals surface area contributed by atoms with E-state index in [0.717, 1.165) is 49.3 Å². The van der Waals surface area contributed by atoms with Gasteiger partial charge in [-0.25, -0.2) is 0 Å². The van der Waals surface area contributed by atoms with Crippen molar-refractivity contribution in [1.29, 1.82) is 0 Å². The molecule has 1 aliphatic rings. The van der Waals surface area contributed by atoms with Gasteiger partial charge >= 0.3 is 0 Å². The van der Waals surface area contributed by atoms with Gasteiger partial charge in [0.25, 0.3) is 0 Å². The smallest absolute Gasteiger partial charge is 0.244 e. The summed E-state index contributed by atoms with van der Waals surface area (Å²) in [5, 5.41) is 0. The molecule has 0 aliphatic heterocycles. The first kappa shape index (κ1) is 20.3. The minimum atomic E-state index is -0.324. The molecule has 2 N–H and O–H groups in total. The SMILES string of the molecule is COc1cc(C=C(C(N)=O)C2CCC(C)CC2)ccc1OCCN(C)C. The molecule has 0 saturated heterocycles. The van der Waals surface area contributed by atoms with Crippen LogP contribution >= 0.6 is 0 Å². The molecule has 0 aromatic heterocycles. The fourth-order valence-corrected chi connectivity index (χ4v) is 3.37. The molecule has 26 heavy (non-hydrogen) atoms. The Morgan fingerprint density at radius 2 is 1.92 bits per heavy atom. The fourth-order valence-electron chi connectivity index (χ4n) is 3.37. The van der Waals surface area contributed by atoms with Crippen molar-refractivity contribution in [2.45, 2.75) is 32.6 Å². The molecule has 1 fully saturated rings. The average Bonchev–Trinajstić information content (AvgIpc) is 2.61. The molecule has 0 atom stereocenters. The zero-order chi connectivity index (χ0) is 19.1. The van der Waals surface area contributed by atoms with Crippen LogP contribution in [0.15, 0.2) is 23.8 Å². The van der Waals surface area contributed by atoms with Crippen LogP contribution in [0.1, 0.15) is 38.2 Å². The second-order valence-electron chi connectivity index (χ2n) is 7.48. The number of likely N-dealkylation sites (N-methyl/N-ethyl adjacent to an activating group) is 1. The standard InChI is InChI=1S/C21H32N2O3/c1-15-5-8-17(9-6-15)18(21(22)24)13-16-7-10-19(20(14-16)25-4)26-12-11-23(2)3/h7,10,13-15,17H,5-6,8-9,11-12H2,1-4H3,(H2,22,24). The molecule has 0 unspecified atom stereocenters. The monoisotopic (exact) mass is 360 g/mol. The maximum Gasteiger partial charge on any atom is 0.244 e. The molecule has 1 aromatic rings. The molecule has 5 heteroatoms. The summed E-state index contributed by atoms with van der Waals surface area (Å²) in [6.45, 7) is 3.69. The summed E-state index contributed by atoms with van der Waals surface area (Å²) in [7, 11) is 5.64. The molecule has 0 bridgehead atoms. The summed E-state index contributed by atoms with van der Waals surface area (Å²) in [6, 6.07) is 5.74. The molecule has 1 saturated carbocycles. The van der Waals surface area contributed by atoms with E-state index < -0.39 is 0 Å². The minimum Gasteiger partial charge on any atom is -0.493 e. The summed E-state index contributed by atoms with van der Waals surface area (Å²) in [6.07, 6.45) is 6.27. The quantitative estimate of drug-likeness (QED) is 0.722. The predicted octanol–water partition coefficient (Wildman–Crippen LogP) is 3.33. The Hall–Kier alpha value is -2.01. The topological polar surface area (TPSA) is 64.8 Å². The fraction of sp³-hybridized carbons (Fsp3) is 0.571. The first-order chi connectivity index (χ1) is 12.4. The molecule has 2 rings (SSSR count). The molecule has 1 aliphatic carbocycles. The van der Waals surface area contributed by atoms with Crippen LogP contribution < -0.4 is 15.2 Å². The summed E-state index contributed by atoms with van der Waals surface area (Å²) < 4.78 is 11.3. The van der Waals surface area contributed by atoms with E-state index >= 15 is 0 Å². The van der Waals surface area contributed by atoms with Crippen LogP contribution in [-0.4, -0.2) is 45.2 Å².